The van der Waals surface area contributed by atoms with E-state index >= 15 is 0 Å². The quantitative estimate of drug-likeness (QED) is 0.645. The molecule has 0 fully saturated rings. The molecule has 1 aromatic carbocycles. The molecular weight excluding hydrogens is 432 g/mol. The Morgan fingerprint density at radius 1 is 1.06 bits per heavy atom. The highest BCUT2D eigenvalue weighted by molar-refractivity contribution is 7.16. The zero-order valence-corrected chi connectivity index (χ0v) is 19.9. The Morgan fingerprint density at radius 2 is 1.72 bits per heavy atom. The number of amides is 2. The van der Waals surface area contributed by atoms with Crippen LogP contribution in [0, 0.1) is 19.3 Å². The van der Waals surface area contributed by atoms with Crippen LogP contribution in [-0.4, -0.2) is 37.1 Å². The van der Waals surface area contributed by atoms with E-state index in [-0.39, 0.29) is 11.5 Å². The summed E-state index contributed by atoms with van der Waals surface area (Å²) in [6.07, 6.45) is -1.05. The summed E-state index contributed by atoms with van der Waals surface area (Å²) in [4.78, 5) is 38.8. The Morgan fingerprint density at radius 3 is 2.38 bits per heavy atom. The van der Waals surface area contributed by atoms with E-state index in [0.717, 1.165) is 4.88 Å². The minimum absolute atomic E-state index is 0.211. The van der Waals surface area contributed by atoms with Crippen molar-refractivity contribution in [2.75, 3.05) is 23.8 Å². The van der Waals surface area contributed by atoms with E-state index in [1.807, 2.05) is 6.92 Å². The largest absolute Gasteiger partial charge is 0.486 e. The molecule has 0 spiro atoms. The van der Waals surface area contributed by atoms with E-state index in [0.29, 0.717) is 41.0 Å². The summed E-state index contributed by atoms with van der Waals surface area (Å²) in [7, 11) is 0. The molecule has 172 valence electrons. The van der Waals surface area contributed by atoms with Crippen molar-refractivity contribution in [1.82, 2.24) is 0 Å². The number of esters is 1. The van der Waals surface area contributed by atoms with E-state index < -0.39 is 23.4 Å². The van der Waals surface area contributed by atoms with Gasteiger partial charge in [-0.05, 0) is 38.5 Å². The number of carbonyl (C=O) groups excluding carboxylic acids is 3. The fourth-order valence-electron chi connectivity index (χ4n) is 2.89. The standard InChI is InChI=1S/C23H28N2O6S/c1-12-14(3)32-20(25-22(28)23(4,5)6)18(12)21(27)31-13(2)19(26)24-15-7-8-16-17(11-15)30-10-9-29-16/h7-8,11,13H,9-10H2,1-6H3,(H,24,26)(H,25,28). The minimum Gasteiger partial charge on any atom is -0.486 e. The molecule has 1 aliphatic heterocycles. The predicted octanol–water partition coefficient (Wildman–Crippen LogP) is 4.30. The Hall–Kier alpha value is -3.07. The van der Waals surface area contributed by atoms with Crippen molar-refractivity contribution in [3.8, 4) is 11.5 Å². The second-order valence-corrected chi connectivity index (χ2v) is 9.81. The molecule has 1 aliphatic rings. The van der Waals surface area contributed by atoms with Gasteiger partial charge in [-0.2, -0.15) is 0 Å². The van der Waals surface area contributed by atoms with Crippen LogP contribution in [0.5, 0.6) is 11.5 Å². The van der Waals surface area contributed by atoms with Crippen molar-refractivity contribution < 1.29 is 28.6 Å². The molecule has 0 bridgehead atoms. The maximum Gasteiger partial charge on any atom is 0.342 e. The molecule has 3 rings (SSSR count). The molecule has 8 nitrogen and oxygen atoms in total. The maximum absolute atomic E-state index is 12.9. The van der Waals surface area contributed by atoms with Gasteiger partial charge in [0.2, 0.25) is 5.91 Å². The molecule has 0 saturated carbocycles. The van der Waals surface area contributed by atoms with Gasteiger partial charge in [-0.3, -0.25) is 9.59 Å². The Bertz CT molecular complexity index is 1050. The molecule has 2 amide bonds. The summed E-state index contributed by atoms with van der Waals surface area (Å²) in [5.41, 5.74) is 0.861. The Labute approximate surface area is 191 Å². The number of nitrogens with one attached hydrogen (secondary N) is 2. The van der Waals surface area contributed by atoms with Crippen LogP contribution in [0.1, 0.15) is 48.5 Å². The summed E-state index contributed by atoms with van der Waals surface area (Å²) >= 11 is 1.31. The van der Waals surface area contributed by atoms with Gasteiger partial charge in [0.1, 0.15) is 18.2 Å². The summed E-state index contributed by atoms with van der Waals surface area (Å²) < 4.78 is 16.4. The third-order valence-corrected chi connectivity index (χ3v) is 6.08. The lowest BCUT2D eigenvalue weighted by molar-refractivity contribution is -0.124. The van der Waals surface area contributed by atoms with Crippen LogP contribution in [0.2, 0.25) is 0 Å². The van der Waals surface area contributed by atoms with Gasteiger partial charge >= 0.3 is 5.97 Å². The van der Waals surface area contributed by atoms with Gasteiger partial charge in [0.05, 0.1) is 5.56 Å². The molecule has 32 heavy (non-hydrogen) atoms. The van der Waals surface area contributed by atoms with Crippen LogP contribution < -0.4 is 20.1 Å². The van der Waals surface area contributed by atoms with E-state index in [4.69, 9.17) is 14.2 Å². The molecule has 1 atom stereocenters. The van der Waals surface area contributed by atoms with Crippen molar-refractivity contribution >= 4 is 39.8 Å². The number of hydrogen-bond acceptors (Lipinski definition) is 7. The van der Waals surface area contributed by atoms with Crippen LogP contribution in [0.4, 0.5) is 10.7 Å². The van der Waals surface area contributed by atoms with Crippen molar-refractivity contribution in [2.45, 2.75) is 47.6 Å². The van der Waals surface area contributed by atoms with Crippen molar-refractivity contribution in [1.29, 1.82) is 0 Å². The third kappa shape index (κ3) is 5.21. The van der Waals surface area contributed by atoms with Crippen LogP contribution in [-0.2, 0) is 14.3 Å². The molecule has 2 N–H and O–H groups in total. The van der Waals surface area contributed by atoms with Gasteiger partial charge in [-0.25, -0.2) is 4.79 Å². The van der Waals surface area contributed by atoms with E-state index in [9.17, 15) is 14.4 Å². The number of aryl methyl sites for hydroxylation is 1. The highest BCUT2D eigenvalue weighted by Crippen LogP contribution is 2.35. The van der Waals surface area contributed by atoms with Gasteiger partial charge in [-0.1, -0.05) is 20.8 Å². The monoisotopic (exact) mass is 460 g/mol. The van der Waals surface area contributed by atoms with E-state index in [1.165, 1.54) is 18.3 Å². The lowest BCUT2D eigenvalue weighted by atomic mass is 9.96. The maximum atomic E-state index is 12.9. The van der Waals surface area contributed by atoms with Crippen molar-refractivity contribution in [3.05, 3.63) is 34.2 Å². The number of ether oxygens (including phenoxy) is 3. The molecule has 1 unspecified atom stereocenters. The smallest absolute Gasteiger partial charge is 0.342 e. The average Bonchev–Trinajstić information content (AvgIpc) is 3.00. The lowest BCUT2D eigenvalue weighted by Gasteiger charge is -2.20. The topological polar surface area (TPSA) is 103 Å². The summed E-state index contributed by atoms with van der Waals surface area (Å²) in [6.45, 7) is 11.4. The summed E-state index contributed by atoms with van der Waals surface area (Å²) in [5, 5.41) is 5.95. The normalized spacial score (nSPS) is 13.8. The second-order valence-electron chi connectivity index (χ2n) is 8.59. The number of thiophene rings is 1. The fourth-order valence-corrected chi connectivity index (χ4v) is 3.93. The number of anilines is 2. The molecule has 0 radical (unpaired) electrons. The molecule has 9 heteroatoms. The van der Waals surface area contributed by atoms with Crippen LogP contribution in [0.15, 0.2) is 18.2 Å². The van der Waals surface area contributed by atoms with E-state index in [2.05, 4.69) is 10.6 Å². The van der Waals surface area contributed by atoms with E-state index in [1.54, 1.807) is 45.9 Å². The molecule has 0 aliphatic carbocycles. The molecular formula is C23H28N2O6S. The van der Waals surface area contributed by atoms with Crippen LogP contribution in [0.25, 0.3) is 0 Å². The molecule has 0 saturated heterocycles. The second kappa shape index (κ2) is 9.20. The Balaban J connectivity index is 1.70. The molecule has 2 heterocycles. The van der Waals surface area contributed by atoms with Gasteiger partial charge in [-0.15, -0.1) is 11.3 Å². The van der Waals surface area contributed by atoms with Gasteiger partial charge < -0.3 is 24.8 Å². The number of benzene rings is 1. The lowest BCUT2D eigenvalue weighted by Crippen LogP contribution is -2.31. The number of carbonyl (C=O) groups is 3. The Kier molecular flexibility index (Phi) is 6.78. The first-order valence-electron chi connectivity index (χ1n) is 10.3. The average molecular weight is 461 g/mol. The van der Waals surface area contributed by atoms with Crippen LogP contribution >= 0.6 is 11.3 Å². The van der Waals surface area contributed by atoms with Crippen LogP contribution in [0.3, 0.4) is 0 Å². The number of hydrogen-bond donors (Lipinski definition) is 2. The zero-order valence-electron chi connectivity index (χ0n) is 19.1. The fraction of sp³-hybridized carbons (Fsp3) is 0.435. The summed E-state index contributed by atoms with van der Waals surface area (Å²) in [6, 6.07) is 5.06. The van der Waals surface area contributed by atoms with Gasteiger partial charge in [0.25, 0.3) is 5.91 Å². The number of rotatable bonds is 5. The molecule has 1 aromatic heterocycles. The SMILES string of the molecule is Cc1sc(NC(=O)C(C)(C)C)c(C(=O)OC(C)C(=O)Nc2ccc3c(c2)OCCO3)c1C. The van der Waals surface area contributed by atoms with Gasteiger partial charge in [0.15, 0.2) is 17.6 Å². The third-order valence-electron chi connectivity index (χ3n) is 4.96. The molecule has 2 aromatic rings. The number of fused-ring (bicyclic) bond motifs is 1. The first-order chi connectivity index (χ1) is 15.0. The predicted molar refractivity (Wildman–Crippen MR) is 123 cm³/mol. The van der Waals surface area contributed by atoms with Crippen molar-refractivity contribution in [2.24, 2.45) is 5.41 Å². The minimum atomic E-state index is -1.05. The van der Waals surface area contributed by atoms with Crippen molar-refractivity contribution in [3.63, 3.8) is 0 Å². The highest BCUT2D eigenvalue weighted by atomic mass is 32.1. The van der Waals surface area contributed by atoms with Gasteiger partial charge in [0, 0.05) is 22.0 Å². The first-order valence-corrected chi connectivity index (χ1v) is 11.1. The first kappa shape index (κ1) is 23.6. The highest BCUT2D eigenvalue weighted by Gasteiger charge is 2.29. The summed E-state index contributed by atoms with van der Waals surface area (Å²) in [5.74, 6) is -0.206. The zero-order chi connectivity index (χ0) is 23.6.